The van der Waals surface area contributed by atoms with Crippen molar-refractivity contribution in [3.05, 3.63) is 52.5 Å². The van der Waals surface area contributed by atoms with Crippen molar-refractivity contribution in [2.75, 3.05) is 16.5 Å². The fourth-order valence-electron chi connectivity index (χ4n) is 2.60. The van der Waals surface area contributed by atoms with Gasteiger partial charge in [0, 0.05) is 15.9 Å². The number of hydrogen-bond donors (Lipinski definition) is 1. The minimum Gasteiger partial charge on any atom is -0.363 e. The summed E-state index contributed by atoms with van der Waals surface area (Å²) in [7, 11) is 0. The SMILES string of the molecule is CSc1cc(Br)cc2c1NC(C)N2Cc1ccccc1. The second kappa shape index (κ2) is 5.70. The van der Waals surface area contributed by atoms with Gasteiger partial charge >= 0.3 is 0 Å². The van der Waals surface area contributed by atoms with E-state index in [0.717, 1.165) is 11.0 Å². The van der Waals surface area contributed by atoms with Gasteiger partial charge in [0.1, 0.15) is 0 Å². The van der Waals surface area contributed by atoms with E-state index in [1.54, 1.807) is 11.8 Å². The van der Waals surface area contributed by atoms with Crippen molar-refractivity contribution in [1.82, 2.24) is 0 Å². The highest BCUT2D eigenvalue weighted by Gasteiger charge is 2.27. The molecular formula is C16H17BrN2S. The lowest BCUT2D eigenvalue weighted by atomic mass is 10.2. The number of nitrogens with one attached hydrogen (secondary N) is 1. The maximum absolute atomic E-state index is 3.62. The van der Waals surface area contributed by atoms with E-state index in [1.165, 1.54) is 21.8 Å². The molecule has 1 aliphatic rings. The number of rotatable bonds is 3. The van der Waals surface area contributed by atoms with Gasteiger partial charge in [-0.05, 0) is 30.9 Å². The molecular weight excluding hydrogens is 332 g/mol. The van der Waals surface area contributed by atoms with Crippen LogP contribution in [0.25, 0.3) is 0 Å². The van der Waals surface area contributed by atoms with E-state index in [2.05, 4.69) is 81.8 Å². The molecule has 0 fully saturated rings. The van der Waals surface area contributed by atoms with E-state index < -0.39 is 0 Å². The van der Waals surface area contributed by atoms with E-state index in [0.29, 0.717) is 6.17 Å². The van der Waals surface area contributed by atoms with Gasteiger partial charge < -0.3 is 10.2 Å². The molecule has 0 bridgehead atoms. The van der Waals surface area contributed by atoms with E-state index in [-0.39, 0.29) is 0 Å². The van der Waals surface area contributed by atoms with Crippen molar-refractivity contribution in [2.24, 2.45) is 0 Å². The summed E-state index contributed by atoms with van der Waals surface area (Å²) in [4.78, 5) is 3.70. The summed E-state index contributed by atoms with van der Waals surface area (Å²) in [6, 6.07) is 15.0. The van der Waals surface area contributed by atoms with E-state index >= 15 is 0 Å². The van der Waals surface area contributed by atoms with Gasteiger partial charge in [-0.3, -0.25) is 0 Å². The Labute approximate surface area is 132 Å². The summed E-state index contributed by atoms with van der Waals surface area (Å²) in [5.41, 5.74) is 3.86. The Kier molecular flexibility index (Phi) is 3.94. The summed E-state index contributed by atoms with van der Waals surface area (Å²) < 4.78 is 1.13. The Morgan fingerprint density at radius 1 is 1.25 bits per heavy atom. The zero-order valence-electron chi connectivity index (χ0n) is 11.6. The fourth-order valence-corrected chi connectivity index (χ4v) is 3.81. The first-order valence-electron chi connectivity index (χ1n) is 6.63. The molecule has 0 amide bonds. The Bertz CT molecular complexity index is 615. The van der Waals surface area contributed by atoms with Crippen molar-refractivity contribution in [3.63, 3.8) is 0 Å². The molecule has 2 aromatic carbocycles. The molecule has 0 saturated heterocycles. The molecule has 1 heterocycles. The molecule has 0 aromatic heterocycles. The third-order valence-corrected chi connectivity index (χ3v) is 4.81. The van der Waals surface area contributed by atoms with Gasteiger partial charge in [-0.1, -0.05) is 46.3 Å². The summed E-state index contributed by atoms with van der Waals surface area (Å²) in [6.45, 7) is 3.13. The van der Waals surface area contributed by atoms with Crippen molar-refractivity contribution in [3.8, 4) is 0 Å². The maximum atomic E-state index is 3.62. The Hall–Kier alpha value is -1.13. The number of hydrogen-bond acceptors (Lipinski definition) is 3. The van der Waals surface area contributed by atoms with Crippen molar-refractivity contribution in [1.29, 1.82) is 0 Å². The van der Waals surface area contributed by atoms with Gasteiger partial charge in [0.25, 0.3) is 0 Å². The van der Waals surface area contributed by atoms with Crippen molar-refractivity contribution < 1.29 is 0 Å². The highest BCUT2D eigenvalue weighted by Crippen LogP contribution is 2.43. The second-order valence-electron chi connectivity index (χ2n) is 4.94. The zero-order valence-corrected chi connectivity index (χ0v) is 14.0. The average molecular weight is 349 g/mol. The van der Waals surface area contributed by atoms with E-state index in [9.17, 15) is 0 Å². The molecule has 1 N–H and O–H groups in total. The van der Waals surface area contributed by atoms with Gasteiger partial charge in [-0.2, -0.15) is 0 Å². The fraction of sp³-hybridized carbons (Fsp3) is 0.250. The standard InChI is InChI=1S/C16H17BrN2S/c1-11-18-16-14(8-13(17)9-15(16)20-2)19(11)10-12-6-4-3-5-7-12/h3-9,11,18H,10H2,1-2H3. The van der Waals surface area contributed by atoms with Gasteiger partial charge in [-0.15, -0.1) is 11.8 Å². The minimum atomic E-state index is 0.311. The topological polar surface area (TPSA) is 15.3 Å². The van der Waals surface area contributed by atoms with Crippen LogP contribution in [0, 0.1) is 0 Å². The van der Waals surface area contributed by atoms with Crippen LogP contribution in [0.2, 0.25) is 0 Å². The summed E-state index contributed by atoms with van der Waals surface area (Å²) in [6.07, 6.45) is 2.43. The summed E-state index contributed by atoms with van der Waals surface area (Å²) >= 11 is 5.40. The molecule has 0 spiro atoms. The van der Waals surface area contributed by atoms with Gasteiger partial charge in [-0.25, -0.2) is 0 Å². The van der Waals surface area contributed by atoms with Crippen LogP contribution < -0.4 is 10.2 Å². The molecule has 0 saturated carbocycles. The third-order valence-electron chi connectivity index (χ3n) is 3.59. The highest BCUT2D eigenvalue weighted by atomic mass is 79.9. The normalized spacial score (nSPS) is 16.9. The largest absolute Gasteiger partial charge is 0.363 e. The summed E-state index contributed by atoms with van der Waals surface area (Å²) in [5.74, 6) is 0. The predicted octanol–water partition coefficient (Wildman–Crippen LogP) is 4.95. The van der Waals surface area contributed by atoms with Gasteiger partial charge in [0.15, 0.2) is 0 Å². The Balaban J connectivity index is 1.97. The molecule has 20 heavy (non-hydrogen) atoms. The minimum absolute atomic E-state index is 0.311. The van der Waals surface area contributed by atoms with E-state index in [4.69, 9.17) is 0 Å². The molecule has 1 aliphatic heterocycles. The molecule has 3 rings (SSSR count). The number of halogens is 1. The quantitative estimate of drug-likeness (QED) is 0.790. The maximum Gasteiger partial charge on any atom is 0.0966 e. The Morgan fingerprint density at radius 3 is 2.70 bits per heavy atom. The zero-order chi connectivity index (χ0) is 14.1. The molecule has 0 aliphatic carbocycles. The van der Waals surface area contributed by atoms with E-state index in [1.807, 2.05) is 0 Å². The third kappa shape index (κ3) is 2.54. The van der Waals surface area contributed by atoms with Crippen LogP contribution in [0.5, 0.6) is 0 Å². The lowest BCUT2D eigenvalue weighted by molar-refractivity contribution is 0.724. The van der Waals surface area contributed by atoms with Crippen LogP contribution >= 0.6 is 27.7 Å². The van der Waals surface area contributed by atoms with Crippen LogP contribution in [0.3, 0.4) is 0 Å². The molecule has 4 heteroatoms. The lowest BCUT2D eigenvalue weighted by Gasteiger charge is -2.24. The first-order valence-corrected chi connectivity index (χ1v) is 8.65. The molecule has 1 unspecified atom stereocenters. The number of fused-ring (bicyclic) bond motifs is 1. The number of benzene rings is 2. The molecule has 1 atom stereocenters. The first-order chi connectivity index (χ1) is 9.69. The number of thioether (sulfide) groups is 1. The van der Waals surface area contributed by atoms with Crippen LogP contribution in [0.4, 0.5) is 11.4 Å². The van der Waals surface area contributed by atoms with Crippen LogP contribution in [0.1, 0.15) is 12.5 Å². The second-order valence-corrected chi connectivity index (χ2v) is 6.70. The first kappa shape index (κ1) is 13.8. The van der Waals surface area contributed by atoms with Gasteiger partial charge in [0.05, 0.1) is 17.5 Å². The van der Waals surface area contributed by atoms with Crippen LogP contribution in [-0.4, -0.2) is 12.4 Å². The number of nitrogens with zero attached hydrogens (tertiary/aromatic N) is 1. The van der Waals surface area contributed by atoms with Crippen LogP contribution in [-0.2, 0) is 6.54 Å². The highest BCUT2D eigenvalue weighted by molar-refractivity contribution is 9.10. The molecule has 0 radical (unpaired) electrons. The van der Waals surface area contributed by atoms with Crippen molar-refractivity contribution in [2.45, 2.75) is 24.5 Å². The lowest BCUT2D eigenvalue weighted by Crippen LogP contribution is -2.32. The Morgan fingerprint density at radius 2 is 2.00 bits per heavy atom. The van der Waals surface area contributed by atoms with Crippen molar-refractivity contribution >= 4 is 39.1 Å². The van der Waals surface area contributed by atoms with Crippen LogP contribution in [0.15, 0.2) is 51.8 Å². The van der Waals surface area contributed by atoms with Gasteiger partial charge in [0.2, 0.25) is 0 Å². The molecule has 2 aromatic rings. The molecule has 2 nitrogen and oxygen atoms in total. The number of anilines is 2. The monoisotopic (exact) mass is 348 g/mol. The average Bonchev–Trinajstić information content (AvgIpc) is 2.76. The molecule has 104 valence electrons. The predicted molar refractivity (Wildman–Crippen MR) is 91.6 cm³/mol. The summed E-state index contributed by atoms with van der Waals surface area (Å²) in [5, 5.41) is 3.60. The smallest absolute Gasteiger partial charge is 0.0966 e.